The number of phenols is 2. The molecule has 7 nitrogen and oxygen atoms in total. The van der Waals surface area contributed by atoms with Gasteiger partial charge in [-0.2, -0.15) is 0 Å². The van der Waals surface area contributed by atoms with E-state index in [1.54, 1.807) is 45.9 Å². The van der Waals surface area contributed by atoms with Crippen LogP contribution >= 0.6 is 21.6 Å². The Bertz CT molecular complexity index is 1510. The number of aromatic nitrogens is 1. The third-order valence-corrected chi connectivity index (χ3v) is 11.3. The lowest BCUT2D eigenvalue weighted by Crippen LogP contribution is -2.32. The molecule has 1 aromatic heterocycles. The molecule has 0 radical (unpaired) electrons. The van der Waals surface area contributed by atoms with Gasteiger partial charge in [0.15, 0.2) is 17.3 Å². The molecule has 0 aliphatic carbocycles. The van der Waals surface area contributed by atoms with Gasteiger partial charge in [0.25, 0.3) is 0 Å². The number of hydrogen-bond donors (Lipinski definition) is 3. The summed E-state index contributed by atoms with van der Waals surface area (Å²) in [5, 5.41) is 24.5. The summed E-state index contributed by atoms with van der Waals surface area (Å²) in [5.74, 6) is 2.27. The molecule has 2 atom stereocenters. The molecule has 9 heteroatoms. The molecule has 0 fully saturated rings. The van der Waals surface area contributed by atoms with E-state index >= 15 is 0 Å². The summed E-state index contributed by atoms with van der Waals surface area (Å²) < 4.78 is 4.88. The first-order valence-electron chi connectivity index (χ1n) is 14.3. The normalized spacial score (nSPS) is 21.5. The molecular formula is C33H36N2O5S2. The first-order chi connectivity index (χ1) is 20.3. The van der Waals surface area contributed by atoms with Crippen LogP contribution < -0.4 is 10.1 Å². The standard InChI is InChI=1S/C33H36N2O5S2/c1-3-21-7-9-27(37)18-28(38)10-8-23-16-31(40-2)30(39)15-24(23)13-22-14-29-32(35-19-22)34-12-11-33(29,42-41-20-21)25-5-4-6-26(36)17-25/h4-6,8,10,14-17,19,21,36,39H,3,7,9,11-13,18,20H2,1-2H3,(H,34,35)/t21-,33-/m0/s1. The van der Waals surface area contributed by atoms with Crippen molar-refractivity contribution in [3.05, 3.63) is 82.6 Å². The van der Waals surface area contributed by atoms with Crippen LogP contribution in [0.15, 0.2) is 54.7 Å². The number of allylic oxidation sites excluding steroid dienone is 1. The van der Waals surface area contributed by atoms with Gasteiger partial charge in [-0.15, -0.1) is 0 Å². The third kappa shape index (κ3) is 6.63. The van der Waals surface area contributed by atoms with Crippen molar-refractivity contribution in [2.45, 2.75) is 50.2 Å². The quantitative estimate of drug-likeness (QED) is 0.217. The van der Waals surface area contributed by atoms with Gasteiger partial charge < -0.3 is 20.3 Å². The number of phenolic OH excluding ortho intramolecular Hbond substituents is 2. The highest BCUT2D eigenvalue weighted by Gasteiger charge is 2.41. The molecule has 0 amide bonds. The van der Waals surface area contributed by atoms with Crippen LogP contribution in [0.2, 0.25) is 0 Å². The van der Waals surface area contributed by atoms with Gasteiger partial charge in [0, 0.05) is 30.5 Å². The van der Waals surface area contributed by atoms with Crippen molar-refractivity contribution in [2.24, 2.45) is 5.92 Å². The minimum Gasteiger partial charge on any atom is -0.508 e. The van der Waals surface area contributed by atoms with Crippen molar-refractivity contribution in [1.82, 2.24) is 4.98 Å². The Kier molecular flexibility index (Phi) is 9.48. The number of carbonyl (C=O) groups excluding carboxylic acids is 2. The summed E-state index contributed by atoms with van der Waals surface area (Å²) in [6, 6.07) is 13.0. The number of nitrogens with zero attached hydrogens (tertiary/aromatic N) is 1. The van der Waals surface area contributed by atoms with Crippen molar-refractivity contribution >= 4 is 45.0 Å². The summed E-state index contributed by atoms with van der Waals surface area (Å²) >= 11 is 0. The molecular weight excluding hydrogens is 569 g/mol. The zero-order valence-corrected chi connectivity index (χ0v) is 25.5. The second-order valence-corrected chi connectivity index (χ2v) is 13.5. The molecule has 3 heterocycles. The van der Waals surface area contributed by atoms with E-state index in [4.69, 9.17) is 9.72 Å². The van der Waals surface area contributed by atoms with E-state index in [1.807, 2.05) is 18.3 Å². The molecule has 220 valence electrons. The number of aromatic hydroxyl groups is 2. The summed E-state index contributed by atoms with van der Waals surface area (Å²) in [6.07, 6.45) is 8.18. The number of carbonyl (C=O) groups is 2. The smallest absolute Gasteiger partial charge is 0.163 e. The molecule has 2 bridgehead atoms. The number of methoxy groups -OCH3 is 1. The highest BCUT2D eigenvalue weighted by molar-refractivity contribution is 8.77. The summed E-state index contributed by atoms with van der Waals surface area (Å²) in [7, 11) is 5.07. The molecule has 5 rings (SSSR count). The van der Waals surface area contributed by atoms with Crippen LogP contribution in [-0.2, 0) is 20.8 Å². The van der Waals surface area contributed by atoms with Crippen LogP contribution in [0, 0.1) is 5.92 Å². The average Bonchev–Trinajstić information content (AvgIpc) is 2.98. The van der Waals surface area contributed by atoms with E-state index in [0.717, 1.165) is 65.2 Å². The predicted molar refractivity (Wildman–Crippen MR) is 170 cm³/mol. The van der Waals surface area contributed by atoms with E-state index in [0.29, 0.717) is 24.5 Å². The number of ketones is 2. The topological polar surface area (TPSA) is 109 Å². The predicted octanol–water partition coefficient (Wildman–Crippen LogP) is 6.89. The monoisotopic (exact) mass is 604 g/mol. The Morgan fingerprint density at radius 2 is 1.98 bits per heavy atom. The van der Waals surface area contributed by atoms with Crippen LogP contribution in [0.25, 0.3) is 6.08 Å². The lowest BCUT2D eigenvalue weighted by molar-refractivity contribution is -0.124. The fourth-order valence-electron chi connectivity index (χ4n) is 5.58. The number of anilines is 1. The minimum atomic E-state index is -0.455. The maximum atomic E-state index is 12.7. The molecule has 2 aliphatic heterocycles. The molecule has 0 saturated heterocycles. The Hall–Kier alpha value is -3.43. The number of nitrogens with one attached hydrogen (secondary N) is 1. The number of rotatable bonds is 3. The van der Waals surface area contributed by atoms with E-state index in [1.165, 1.54) is 13.2 Å². The molecule has 2 aromatic carbocycles. The van der Waals surface area contributed by atoms with Gasteiger partial charge in [-0.25, -0.2) is 4.98 Å². The first kappa shape index (κ1) is 30.0. The van der Waals surface area contributed by atoms with E-state index in [9.17, 15) is 19.8 Å². The van der Waals surface area contributed by atoms with Gasteiger partial charge in [0.05, 0.1) is 18.3 Å². The van der Waals surface area contributed by atoms with Crippen LogP contribution in [0.3, 0.4) is 0 Å². The Morgan fingerprint density at radius 1 is 1.12 bits per heavy atom. The van der Waals surface area contributed by atoms with Crippen LogP contribution in [0.1, 0.15) is 66.8 Å². The van der Waals surface area contributed by atoms with Gasteiger partial charge in [-0.05, 0) is 83.8 Å². The van der Waals surface area contributed by atoms with Gasteiger partial charge in [-0.1, -0.05) is 53.1 Å². The minimum absolute atomic E-state index is 0.00687. The molecule has 0 unspecified atom stereocenters. The Labute approximate surface area is 254 Å². The fourth-order valence-corrected chi connectivity index (χ4v) is 9.29. The number of hydrogen-bond acceptors (Lipinski definition) is 9. The fraction of sp³-hybridized carbons (Fsp3) is 0.364. The number of fused-ring (bicyclic) bond motifs is 2. The Morgan fingerprint density at radius 3 is 2.76 bits per heavy atom. The third-order valence-electron chi connectivity index (χ3n) is 8.03. The number of ether oxygens (including phenoxy) is 1. The van der Waals surface area contributed by atoms with E-state index in [2.05, 4.69) is 24.4 Å². The number of pyridine rings is 1. The van der Waals surface area contributed by atoms with Gasteiger partial charge in [0.1, 0.15) is 17.4 Å². The zero-order valence-electron chi connectivity index (χ0n) is 23.9. The van der Waals surface area contributed by atoms with Crippen LogP contribution in [-0.4, -0.2) is 46.2 Å². The maximum absolute atomic E-state index is 12.7. The van der Waals surface area contributed by atoms with Crippen molar-refractivity contribution < 1.29 is 24.5 Å². The average molecular weight is 605 g/mol. The molecule has 3 aromatic rings. The molecule has 0 saturated carbocycles. The summed E-state index contributed by atoms with van der Waals surface area (Å²) in [5.41, 5.74) is 4.52. The van der Waals surface area contributed by atoms with Crippen molar-refractivity contribution in [1.29, 1.82) is 0 Å². The molecule has 3 N–H and O–H groups in total. The lowest BCUT2D eigenvalue weighted by Gasteiger charge is -2.39. The van der Waals surface area contributed by atoms with Crippen molar-refractivity contribution in [3.63, 3.8) is 0 Å². The lowest BCUT2D eigenvalue weighted by atomic mass is 9.84. The summed E-state index contributed by atoms with van der Waals surface area (Å²) in [6.45, 7) is 2.88. The highest BCUT2D eigenvalue weighted by atomic mass is 33.1. The maximum Gasteiger partial charge on any atom is 0.163 e. The molecule has 42 heavy (non-hydrogen) atoms. The first-order valence-corrected chi connectivity index (χ1v) is 16.6. The van der Waals surface area contributed by atoms with Crippen LogP contribution in [0.5, 0.6) is 17.2 Å². The number of Topliss-reactive ketones (excluding diaryl/α,β-unsaturated/α-hetero) is 1. The highest BCUT2D eigenvalue weighted by Crippen LogP contribution is 2.55. The molecule has 0 spiro atoms. The van der Waals surface area contributed by atoms with Crippen LogP contribution in [0.4, 0.5) is 5.82 Å². The van der Waals surface area contributed by atoms with Crippen molar-refractivity contribution in [2.75, 3.05) is 24.7 Å². The van der Waals surface area contributed by atoms with Gasteiger partial charge in [-0.3, -0.25) is 9.59 Å². The van der Waals surface area contributed by atoms with Gasteiger partial charge >= 0.3 is 0 Å². The zero-order chi connectivity index (χ0) is 29.7. The Balaban J connectivity index is 1.63. The second kappa shape index (κ2) is 13.3. The second-order valence-electron chi connectivity index (χ2n) is 10.9. The van der Waals surface area contributed by atoms with Crippen molar-refractivity contribution in [3.8, 4) is 17.2 Å². The summed E-state index contributed by atoms with van der Waals surface area (Å²) in [4.78, 5) is 30.2. The molecule has 2 aliphatic rings. The number of benzene rings is 2. The van der Waals surface area contributed by atoms with E-state index < -0.39 is 4.75 Å². The van der Waals surface area contributed by atoms with E-state index in [-0.39, 0.29) is 29.5 Å². The SMILES string of the molecule is CC[C@H]1CCC(=O)CC(=O)C=Cc2cc(OC)c(O)cc2Cc2cnc3c(c2)[C@@](c2cccc(O)c2)(CCN3)SSC1. The largest absolute Gasteiger partial charge is 0.508 e. The van der Waals surface area contributed by atoms with Gasteiger partial charge in [0.2, 0.25) is 0 Å².